The predicted molar refractivity (Wildman–Crippen MR) is 78.3 cm³/mol. The van der Waals surface area contributed by atoms with Crippen LogP contribution in [0.5, 0.6) is 0 Å². The van der Waals surface area contributed by atoms with Gasteiger partial charge in [0.15, 0.2) is 0 Å². The molecule has 1 aromatic heterocycles. The van der Waals surface area contributed by atoms with Crippen LogP contribution in [0.25, 0.3) is 0 Å². The van der Waals surface area contributed by atoms with Crippen molar-refractivity contribution in [3.63, 3.8) is 0 Å². The molecule has 2 rings (SSSR count). The fourth-order valence-electron chi connectivity index (χ4n) is 3.12. The van der Waals surface area contributed by atoms with Gasteiger partial charge in [0.25, 0.3) is 5.91 Å². The van der Waals surface area contributed by atoms with Gasteiger partial charge in [-0.15, -0.1) is 0 Å². The number of hydrogen-bond acceptors (Lipinski definition) is 3. The second kappa shape index (κ2) is 6.78. The number of amides is 1. The smallest absolute Gasteiger partial charge is 0.311 e. The lowest BCUT2D eigenvalue weighted by molar-refractivity contribution is -0.136. The van der Waals surface area contributed by atoms with Crippen molar-refractivity contribution in [1.82, 2.24) is 5.32 Å². The molecule has 5 nitrogen and oxygen atoms in total. The number of aliphatic carboxylic acids is 1. The van der Waals surface area contributed by atoms with Crippen LogP contribution in [0.4, 0.5) is 0 Å². The van der Waals surface area contributed by atoms with Crippen molar-refractivity contribution in [3.8, 4) is 0 Å². The maximum Gasteiger partial charge on any atom is 0.311 e. The Kier molecular flexibility index (Phi) is 5.04. The first-order chi connectivity index (χ1) is 10.0. The molecule has 1 fully saturated rings. The number of rotatable bonds is 5. The Labute approximate surface area is 124 Å². The minimum atomic E-state index is -0.998. The molecule has 1 aliphatic rings. The molecule has 1 heterocycles. The van der Waals surface area contributed by atoms with E-state index in [1.54, 1.807) is 6.92 Å². The Balaban J connectivity index is 2.06. The van der Waals surface area contributed by atoms with Gasteiger partial charge in [-0.2, -0.15) is 0 Å². The van der Waals surface area contributed by atoms with Crippen molar-refractivity contribution >= 4 is 11.9 Å². The van der Waals surface area contributed by atoms with Crippen LogP contribution in [-0.2, 0) is 11.2 Å². The molecule has 5 heteroatoms. The second-order valence-electron chi connectivity index (χ2n) is 5.90. The number of nitrogens with one attached hydrogen (secondary N) is 1. The molecule has 2 atom stereocenters. The lowest BCUT2D eigenvalue weighted by Gasteiger charge is -2.29. The molecule has 1 aliphatic carbocycles. The van der Waals surface area contributed by atoms with E-state index in [2.05, 4.69) is 12.2 Å². The SMILES string of the molecule is CCC1CCCC(NC(=O)c2c(C)coc2CC(=O)O)C1. The number of furan rings is 1. The Morgan fingerprint density at radius 3 is 2.86 bits per heavy atom. The fourth-order valence-corrected chi connectivity index (χ4v) is 3.12. The number of carboxylic acids is 1. The van der Waals surface area contributed by atoms with Gasteiger partial charge in [0.1, 0.15) is 12.2 Å². The molecule has 0 bridgehead atoms. The number of aryl methyl sites for hydroxylation is 1. The summed E-state index contributed by atoms with van der Waals surface area (Å²) in [5.41, 5.74) is 1.07. The molecule has 2 N–H and O–H groups in total. The summed E-state index contributed by atoms with van der Waals surface area (Å²) in [6.07, 6.45) is 6.69. The van der Waals surface area contributed by atoms with Gasteiger partial charge >= 0.3 is 5.97 Å². The normalized spacial score (nSPS) is 22.0. The third-order valence-electron chi connectivity index (χ3n) is 4.29. The van der Waals surface area contributed by atoms with Gasteiger partial charge in [0.2, 0.25) is 0 Å². The Morgan fingerprint density at radius 2 is 2.19 bits per heavy atom. The van der Waals surface area contributed by atoms with Crippen LogP contribution in [-0.4, -0.2) is 23.0 Å². The van der Waals surface area contributed by atoms with Crippen LogP contribution in [0.1, 0.15) is 60.7 Å². The minimum Gasteiger partial charge on any atom is -0.481 e. The molecule has 2 unspecified atom stereocenters. The topological polar surface area (TPSA) is 79.5 Å². The van der Waals surface area contributed by atoms with E-state index < -0.39 is 5.97 Å². The summed E-state index contributed by atoms with van der Waals surface area (Å²) < 4.78 is 5.22. The molecular formula is C16H23NO4. The standard InChI is InChI=1S/C16H23NO4/c1-3-11-5-4-6-12(7-11)17-16(20)15-10(2)9-21-13(15)8-14(18)19/h9,11-12H,3-8H2,1-2H3,(H,17,20)(H,18,19). The molecule has 21 heavy (non-hydrogen) atoms. The molecule has 1 saturated carbocycles. The Morgan fingerprint density at radius 1 is 1.43 bits per heavy atom. The van der Waals surface area contributed by atoms with Crippen LogP contribution < -0.4 is 5.32 Å². The van der Waals surface area contributed by atoms with Crippen molar-refractivity contribution in [2.24, 2.45) is 5.92 Å². The van der Waals surface area contributed by atoms with Crippen LogP contribution in [0.3, 0.4) is 0 Å². The highest BCUT2D eigenvalue weighted by Crippen LogP contribution is 2.27. The van der Waals surface area contributed by atoms with Gasteiger partial charge in [-0.05, 0) is 25.7 Å². The molecule has 116 valence electrons. The first kappa shape index (κ1) is 15.6. The van der Waals surface area contributed by atoms with Crippen LogP contribution in [0, 0.1) is 12.8 Å². The fraction of sp³-hybridized carbons (Fsp3) is 0.625. The molecule has 0 radical (unpaired) electrons. The first-order valence-corrected chi connectivity index (χ1v) is 7.60. The van der Waals surface area contributed by atoms with Gasteiger partial charge in [0, 0.05) is 11.6 Å². The monoisotopic (exact) mass is 293 g/mol. The highest BCUT2D eigenvalue weighted by atomic mass is 16.4. The van der Waals surface area contributed by atoms with E-state index in [1.165, 1.54) is 12.7 Å². The summed E-state index contributed by atoms with van der Waals surface area (Å²) in [6, 6.07) is 0.183. The summed E-state index contributed by atoms with van der Waals surface area (Å²) in [5, 5.41) is 11.9. The summed E-state index contributed by atoms with van der Waals surface area (Å²) >= 11 is 0. The van der Waals surface area contributed by atoms with Crippen molar-refractivity contribution < 1.29 is 19.1 Å². The Bertz CT molecular complexity index is 520. The molecule has 1 amide bonds. The molecular weight excluding hydrogens is 270 g/mol. The van der Waals surface area contributed by atoms with E-state index in [0.29, 0.717) is 17.0 Å². The van der Waals surface area contributed by atoms with Gasteiger partial charge in [-0.25, -0.2) is 0 Å². The third-order valence-corrected chi connectivity index (χ3v) is 4.29. The summed E-state index contributed by atoms with van der Waals surface area (Å²) in [5.74, 6) is -0.297. The number of carboxylic acid groups (broad SMARTS) is 1. The quantitative estimate of drug-likeness (QED) is 0.874. The van der Waals surface area contributed by atoms with E-state index in [1.807, 2.05) is 0 Å². The van der Waals surface area contributed by atoms with Gasteiger partial charge in [-0.3, -0.25) is 9.59 Å². The maximum atomic E-state index is 12.4. The zero-order valence-corrected chi connectivity index (χ0v) is 12.6. The average Bonchev–Trinajstić information content (AvgIpc) is 2.79. The maximum absolute atomic E-state index is 12.4. The van der Waals surface area contributed by atoms with E-state index >= 15 is 0 Å². The number of carbonyl (C=O) groups excluding carboxylic acids is 1. The highest BCUT2D eigenvalue weighted by Gasteiger charge is 2.26. The van der Waals surface area contributed by atoms with Crippen molar-refractivity contribution in [2.45, 2.75) is 58.4 Å². The molecule has 0 aromatic carbocycles. The van der Waals surface area contributed by atoms with Gasteiger partial charge in [0.05, 0.1) is 11.8 Å². The summed E-state index contributed by atoms with van der Waals surface area (Å²) in [6.45, 7) is 3.94. The van der Waals surface area contributed by atoms with E-state index in [9.17, 15) is 9.59 Å². The third kappa shape index (κ3) is 3.86. The number of carbonyl (C=O) groups is 2. The molecule has 0 aliphatic heterocycles. The van der Waals surface area contributed by atoms with Crippen molar-refractivity contribution in [2.75, 3.05) is 0 Å². The number of hydrogen-bond donors (Lipinski definition) is 2. The summed E-state index contributed by atoms with van der Waals surface area (Å²) in [7, 11) is 0. The first-order valence-electron chi connectivity index (χ1n) is 7.60. The van der Waals surface area contributed by atoms with Crippen molar-refractivity contribution in [3.05, 3.63) is 23.2 Å². The molecule has 0 saturated heterocycles. The largest absolute Gasteiger partial charge is 0.481 e. The minimum absolute atomic E-state index is 0.183. The van der Waals surface area contributed by atoms with Crippen LogP contribution >= 0.6 is 0 Å². The average molecular weight is 293 g/mol. The second-order valence-corrected chi connectivity index (χ2v) is 5.90. The molecule has 1 aromatic rings. The molecule has 0 spiro atoms. The van der Waals surface area contributed by atoms with E-state index in [4.69, 9.17) is 9.52 Å². The van der Waals surface area contributed by atoms with E-state index in [0.717, 1.165) is 25.7 Å². The summed E-state index contributed by atoms with van der Waals surface area (Å²) in [4.78, 5) is 23.3. The van der Waals surface area contributed by atoms with Crippen molar-refractivity contribution in [1.29, 1.82) is 0 Å². The predicted octanol–water partition coefficient (Wildman–Crippen LogP) is 2.91. The zero-order chi connectivity index (χ0) is 15.4. The van der Waals surface area contributed by atoms with E-state index in [-0.39, 0.29) is 24.1 Å². The van der Waals surface area contributed by atoms with Gasteiger partial charge < -0.3 is 14.8 Å². The van der Waals surface area contributed by atoms with Gasteiger partial charge in [-0.1, -0.05) is 26.2 Å². The van der Waals surface area contributed by atoms with Crippen LogP contribution in [0.2, 0.25) is 0 Å². The zero-order valence-electron chi connectivity index (χ0n) is 12.6. The lowest BCUT2D eigenvalue weighted by atomic mass is 9.84. The van der Waals surface area contributed by atoms with Crippen LogP contribution in [0.15, 0.2) is 10.7 Å². The lowest BCUT2D eigenvalue weighted by Crippen LogP contribution is -2.38. The highest BCUT2D eigenvalue weighted by molar-refractivity contribution is 5.97. The Hall–Kier alpha value is -1.78.